The molecule has 1 aliphatic rings. The first-order chi connectivity index (χ1) is 12.9. The molecule has 2 aromatic rings. The fraction of sp³-hybridized carbons (Fsp3) is 0.350. The van der Waals surface area contributed by atoms with Gasteiger partial charge in [-0.1, -0.05) is 6.42 Å². The van der Waals surface area contributed by atoms with Crippen LogP contribution in [0.5, 0.6) is 11.5 Å². The van der Waals surface area contributed by atoms with Crippen LogP contribution in [0.25, 0.3) is 0 Å². The molecule has 1 aliphatic carbocycles. The number of benzene rings is 2. The molecule has 2 aromatic carbocycles. The van der Waals surface area contributed by atoms with Crippen molar-refractivity contribution < 1.29 is 17.9 Å². The van der Waals surface area contributed by atoms with Gasteiger partial charge in [-0.2, -0.15) is 0 Å². The maximum absolute atomic E-state index is 12.4. The lowest BCUT2D eigenvalue weighted by molar-refractivity contribution is -0.120. The summed E-state index contributed by atoms with van der Waals surface area (Å²) in [5.74, 6) is 1.41. The summed E-state index contributed by atoms with van der Waals surface area (Å²) in [4.78, 5) is 12.7. The van der Waals surface area contributed by atoms with E-state index in [1.165, 1.54) is 12.1 Å². The summed E-state index contributed by atoms with van der Waals surface area (Å²) >= 11 is 0. The largest absolute Gasteiger partial charge is 0.457 e. The van der Waals surface area contributed by atoms with Gasteiger partial charge in [0, 0.05) is 17.9 Å². The van der Waals surface area contributed by atoms with Crippen molar-refractivity contribution in [1.82, 2.24) is 0 Å². The summed E-state index contributed by atoms with van der Waals surface area (Å²) in [7, 11) is -3.23. The van der Waals surface area contributed by atoms with Crippen molar-refractivity contribution in [3.05, 3.63) is 48.5 Å². The molecule has 3 rings (SSSR count). The maximum Gasteiger partial charge on any atom is 0.227 e. The predicted molar refractivity (Wildman–Crippen MR) is 105 cm³/mol. The van der Waals surface area contributed by atoms with Gasteiger partial charge in [-0.25, -0.2) is 8.42 Å². The molecule has 0 heterocycles. The third-order valence-corrected chi connectivity index (χ3v) is 6.04. The Morgan fingerprint density at radius 3 is 2.22 bits per heavy atom. The average molecular weight is 388 g/mol. The number of rotatable bonds is 6. The molecule has 0 spiro atoms. The molecule has 1 fully saturated rings. The van der Waals surface area contributed by atoms with Crippen LogP contribution in [0.4, 0.5) is 5.69 Å². The number of hydrogen-bond acceptors (Lipinski definition) is 5. The molecule has 6 nitrogen and oxygen atoms in total. The van der Waals surface area contributed by atoms with Crippen LogP contribution in [0, 0.1) is 11.8 Å². The highest BCUT2D eigenvalue weighted by atomic mass is 32.2. The zero-order chi connectivity index (χ0) is 19.4. The Labute approximate surface area is 159 Å². The number of anilines is 1. The minimum Gasteiger partial charge on any atom is -0.457 e. The molecule has 1 amide bonds. The highest BCUT2D eigenvalue weighted by Crippen LogP contribution is 2.32. The van der Waals surface area contributed by atoms with Crippen molar-refractivity contribution in [2.75, 3.05) is 18.1 Å². The van der Waals surface area contributed by atoms with Gasteiger partial charge in [-0.15, -0.1) is 0 Å². The molecule has 0 saturated heterocycles. The SMILES string of the molecule is CS(=O)(=O)c1ccc(Oc2ccc(NC(=O)[C@@H]3CCC[C@@H]3CN)cc2)cc1. The standard InChI is InChI=1S/C20H24N2O4S/c1-27(24,25)18-11-9-17(10-12-18)26-16-7-5-15(6-8-16)22-20(23)19-4-2-3-14(19)13-21/h5-12,14,19H,2-4,13,21H2,1H3,(H,22,23)/t14-,19-/m1/s1. The molecule has 1 saturated carbocycles. The number of sulfone groups is 1. The molecule has 7 heteroatoms. The van der Waals surface area contributed by atoms with Crippen LogP contribution in [0.1, 0.15) is 19.3 Å². The quantitative estimate of drug-likeness (QED) is 0.792. The van der Waals surface area contributed by atoms with Gasteiger partial charge in [-0.05, 0) is 73.8 Å². The van der Waals surface area contributed by atoms with Crippen molar-refractivity contribution in [2.45, 2.75) is 24.2 Å². The number of nitrogens with two attached hydrogens (primary N) is 1. The molecule has 0 bridgehead atoms. The van der Waals surface area contributed by atoms with Gasteiger partial charge in [-0.3, -0.25) is 4.79 Å². The molecule has 0 unspecified atom stereocenters. The first-order valence-corrected chi connectivity index (χ1v) is 10.8. The molecule has 2 atom stereocenters. The van der Waals surface area contributed by atoms with E-state index in [1.807, 2.05) is 0 Å². The predicted octanol–water partition coefficient (Wildman–Crippen LogP) is 3.20. The number of ether oxygens (including phenoxy) is 1. The van der Waals surface area contributed by atoms with Crippen LogP contribution < -0.4 is 15.8 Å². The van der Waals surface area contributed by atoms with Crippen LogP contribution >= 0.6 is 0 Å². The van der Waals surface area contributed by atoms with Crippen LogP contribution in [0.15, 0.2) is 53.4 Å². The van der Waals surface area contributed by atoms with E-state index in [0.29, 0.717) is 23.7 Å². The van der Waals surface area contributed by atoms with Gasteiger partial charge in [0.15, 0.2) is 9.84 Å². The zero-order valence-electron chi connectivity index (χ0n) is 15.2. The molecular weight excluding hydrogens is 364 g/mol. The smallest absolute Gasteiger partial charge is 0.227 e. The normalized spacial score (nSPS) is 19.6. The third-order valence-electron chi connectivity index (χ3n) is 4.91. The maximum atomic E-state index is 12.4. The summed E-state index contributed by atoms with van der Waals surface area (Å²) in [5, 5.41) is 2.95. The Balaban J connectivity index is 1.61. The van der Waals surface area contributed by atoms with Gasteiger partial charge in [0.1, 0.15) is 11.5 Å². The second kappa shape index (κ2) is 8.10. The van der Waals surface area contributed by atoms with E-state index in [-0.39, 0.29) is 22.6 Å². The number of hydrogen-bond donors (Lipinski definition) is 2. The number of amides is 1. The summed E-state index contributed by atoms with van der Waals surface area (Å²) in [6.45, 7) is 0.545. The first-order valence-electron chi connectivity index (χ1n) is 8.96. The first kappa shape index (κ1) is 19.4. The summed E-state index contributed by atoms with van der Waals surface area (Å²) in [6.07, 6.45) is 4.11. The summed E-state index contributed by atoms with van der Waals surface area (Å²) < 4.78 is 28.7. The Morgan fingerprint density at radius 2 is 1.67 bits per heavy atom. The van der Waals surface area contributed by atoms with E-state index in [0.717, 1.165) is 25.5 Å². The van der Waals surface area contributed by atoms with Crippen molar-refractivity contribution in [1.29, 1.82) is 0 Å². The van der Waals surface area contributed by atoms with Gasteiger partial charge in [0.25, 0.3) is 0 Å². The van der Waals surface area contributed by atoms with Gasteiger partial charge in [0.2, 0.25) is 5.91 Å². The summed E-state index contributed by atoms with van der Waals surface area (Å²) in [5.41, 5.74) is 6.46. The van der Waals surface area contributed by atoms with Gasteiger partial charge < -0.3 is 15.8 Å². The van der Waals surface area contributed by atoms with Crippen LogP contribution in [-0.2, 0) is 14.6 Å². The van der Waals surface area contributed by atoms with Crippen LogP contribution in [0.2, 0.25) is 0 Å². The van der Waals surface area contributed by atoms with E-state index < -0.39 is 9.84 Å². The van der Waals surface area contributed by atoms with E-state index in [1.54, 1.807) is 36.4 Å². The van der Waals surface area contributed by atoms with E-state index in [2.05, 4.69) is 5.32 Å². The van der Waals surface area contributed by atoms with E-state index in [9.17, 15) is 13.2 Å². The molecule has 3 N–H and O–H groups in total. The lowest BCUT2D eigenvalue weighted by Gasteiger charge is -2.17. The molecular formula is C20H24N2O4S. The highest BCUT2D eigenvalue weighted by Gasteiger charge is 2.31. The molecule has 144 valence electrons. The third kappa shape index (κ3) is 4.87. The minimum absolute atomic E-state index is 0.0146. The molecule has 0 aliphatic heterocycles. The Hall–Kier alpha value is -2.38. The van der Waals surface area contributed by atoms with E-state index in [4.69, 9.17) is 10.5 Å². The second-order valence-corrected chi connectivity index (χ2v) is 8.91. The summed E-state index contributed by atoms with van der Waals surface area (Å²) in [6, 6.07) is 13.3. The Morgan fingerprint density at radius 1 is 1.07 bits per heavy atom. The fourth-order valence-corrected chi connectivity index (χ4v) is 4.03. The second-order valence-electron chi connectivity index (χ2n) is 6.89. The van der Waals surface area contributed by atoms with Gasteiger partial charge in [0.05, 0.1) is 4.90 Å². The van der Waals surface area contributed by atoms with Crippen molar-refractivity contribution in [3.63, 3.8) is 0 Å². The topological polar surface area (TPSA) is 98.5 Å². The molecule has 0 radical (unpaired) electrons. The number of carbonyl (C=O) groups excluding carboxylic acids is 1. The van der Waals surface area contributed by atoms with Gasteiger partial charge >= 0.3 is 0 Å². The Bertz CT molecular complexity index is 893. The number of carbonyl (C=O) groups is 1. The van der Waals surface area contributed by atoms with Crippen LogP contribution in [-0.4, -0.2) is 27.1 Å². The van der Waals surface area contributed by atoms with Crippen molar-refractivity contribution in [3.8, 4) is 11.5 Å². The van der Waals surface area contributed by atoms with Crippen molar-refractivity contribution >= 4 is 21.4 Å². The monoisotopic (exact) mass is 388 g/mol. The average Bonchev–Trinajstić information content (AvgIpc) is 3.12. The van der Waals surface area contributed by atoms with E-state index >= 15 is 0 Å². The zero-order valence-corrected chi connectivity index (χ0v) is 16.0. The Kier molecular flexibility index (Phi) is 5.82. The van der Waals surface area contributed by atoms with Crippen LogP contribution in [0.3, 0.4) is 0 Å². The molecule has 27 heavy (non-hydrogen) atoms. The fourth-order valence-electron chi connectivity index (χ4n) is 3.40. The number of nitrogens with one attached hydrogen (secondary N) is 1. The lowest BCUT2D eigenvalue weighted by Crippen LogP contribution is -2.29. The molecule has 0 aromatic heterocycles. The lowest BCUT2D eigenvalue weighted by atomic mass is 9.95. The highest BCUT2D eigenvalue weighted by molar-refractivity contribution is 7.90. The minimum atomic E-state index is -3.23. The van der Waals surface area contributed by atoms with Crippen molar-refractivity contribution in [2.24, 2.45) is 17.6 Å².